The van der Waals surface area contributed by atoms with E-state index < -0.39 is 358 Å². The third-order valence-corrected chi connectivity index (χ3v) is 22.5. The zero-order valence-electron chi connectivity index (χ0n) is 73.0. The summed E-state index contributed by atoms with van der Waals surface area (Å²) in [5, 5.41) is 230. The van der Waals surface area contributed by atoms with Crippen molar-refractivity contribution in [2.75, 3.05) is 75.2 Å². The fourth-order valence-corrected chi connectivity index (χ4v) is 14.0. The predicted molar refractivity (Wildman–Crippen MR) is 467 cm³/mol. The second kappa shape index (κ2) is 61.9. The van der Waals surface area contributed by atoms with Gasteiger partial charge in [-0.05, 0) is 89.0 Å². The molecule has 0 fully saturated rings. The zero-order valence-corrected chi connectivity index (χ0v) is 74.7. The molecule has 1 aromatic carbocycles. The molecule has 0 aliphatic rings. The highest BCUT2D eigenvalue weighted by atomic mass is 33.1. The lowest BCUT2D eigenvalue weighted by atomic mass is 10.0. The molecule has 0 unspecified atom stereocenters. The van der Waals surface area contributed by atoms with Crippen molar-refractivity contribution in [2.45, 2.75) is 257 Å². The molecule has 754 valence electrons. The number of hydrogen-bond acceptors (Lipinski definition) is 40. The number of carboxylic acids is 3. The molecule has 2 heterocycles. The number of nitrogen functional groups attached to an aromatic ring is 1. The standard InChI is InChI=1S/C78H124N18O36S2/c1-3-133-134-35-48(77(131)132)94-75(129)45(12-19-58(112)84-30-51(105)65(120)67(122)54(108)34-100)91-74(128)47(14-21-61(116)117)93-72(126)44(11-18-57(111)83-29-50(104)64(119)66(121)53(107)33-99)89-71(125)43(10-17-55(109)80-24-22-40(101)26-41(102)31-97)90-73(127)46(13-20-60(114)115)92-70(124)42(9-16-56(110)81-25-23-49(103)63(118)52(106)32-98)88-59(113)15-4-36(2)86-69(123)37-5-7-38(8-6-37)82-27-39-28-85-68-62(87-39)76(130)96-78(79)95-68/h5-8,28,36,40-54,63-67,82,97-108,118-122H,3-4,9-27,29-35H2,1-2H3,(H,80,109)(H,81,110)(H,83,111)(H,84,112)(H,86,123)(H,88,113)(H,89,125)(H,90,127)(H,91,128)(H,92,124)(H,93,126)(H,94,129)(H,114,115)(H,116,117)(H,131,132)(H3,79,85,95,96,130)/t36-,40-,41+,42+,43+,44+,45+,46+,47+,48+,49-,50+,51+,52-,53-,54-,63+,64-,65-,66-,67-/m1/s1. The molecule has 0 aliphatic carbocycles. The van der Waals surface area contributed by atoms with Gasteiger partial charge < -0.3 is 177 Å². The van der Waals surface area contributed by atoms with Crippen LogP contribution in [0.3, 0.4) is 0 Å². The molecule has 0 bridgehead atoms. The summed E-state index contributed by atoms with van der Waals surface area (Å²) >= 11 is 0. The number of aliphatic carboxylic acids is 3. The highest BCUT2D eigenvalue weighted by molar-refractivity contribution is 8.76. The van der Waals surface area contributed by atoms with Gasteiger partial charge in [0.25, 0.3) is 11.5 Å². The van der Waals surface area contributed by atoms with Gasteiger partial charge in [0.05, 0.1) is 75.4 Å². The summed E-state index contributed by atoms with van der Waals surface area (Å²) in [5.74, 6) is -19.3. The van der Waals surface area contributed by atoms with Gasteiger partial charge in [0.1, 0.15) is 91.1 Å². The first-order valence-corrected chi connectivity index (χ1v) is 44.8. The van der Waals surface area contributed by atoms with Crippen LogP contribution < -0.4 is 80.4 Å². The van der Waals surface area contributed by atoms with Crippen LogP contribution in [-0.4, -0.2) is 403 Å². The smallest absolute Gasteiger partial charge is 0.327 e. The average molecular weight is 1950 g/mol. The SMILES string of the molecule is CCSSC[C@H](NC(=O)[C@H](CCC(=O)NC[C@H](O)[C@@H](O)[C@H](O)[C@H](O)CO)NC(=O)[C@H](CCC(=O)O)NC(=O)[C@H](CCC(=O)NC[C@H](O)[C@@H](O)[C@H](O)[C@H](O)CO)NC(=O)[C@H](CCC(=O)NCC[C@@H](O)C[C@H](O)CO)NC(=O)[C@H](CCC(=O)O)NC(=O)[C@H](CCC(=O)NCC[C@@H](O)[C@H](O)[C@H](O)CO)NC(=O)CC[C@@H](C)NC(=O)c1ccc(NCc2cnc3nc(N)[nH]c(=O)c3n2)cc1)C(=O)O. The molecule has 56 heteroatoms. The Kier molecular flexibility index (Phi) is 54.2. The van der Waals surface area contributed by atoms with Crippen LogP contribution in [0.4, 0.5) is 11.6 Å². The minimum atomic E-state index is -2.27. The summed E-state index contributed by atoms with van der Waals surface area (Å²) < 4.78 is 0. The highest BCUT2D eigenvalue weighted by Gasteiger charge is 2.38. The Hall–Kier alpha value is -10.9. The molecule has 3 rings (SSSR count). The van der Waals surface area contributed by atoms with E-state index in [1.54, 1.807) is 19.1 Å². The van der Waals surface area contributed by atoms with Crippen LogP contribution in [0.1, 0.15) is 139 Å². The van der Waals surface area contributed by atoms with Gasteiger partial charge in [-0.3, -0.25) is 76.9 Å². The van der Waals surface area contributed by atoms with E-state index in [0.717, 1.165) is 10.8 Å². The van der Waals surface area contributed by atoms with Crippen molar-refractivity contribution in [3.8, 4) is 0 Å². The molecule has 0 aliphatic heterocycles. The zero-order chi connectivity index (χ0) is 101. The quantitative estimate of drug-likeness (QED) is 0.0184. The number of anilines is 2. The largest absolute Gasteiger partial charge is 0.481 e. The van der Waals surface area contributed by atoms with Crippen LogP contribution in [0.2, 0.25) is 0 Å². The Bertz CT molecular complexity index is 4350. The van der Waals surface area contributed by atoms with Gasteiger partial charge in [0.2, 0.25) is 70.9 Å². The van der Waals surface area contributed by atoms with Crippen molar-refractivity contribution in [1.29, 1.82) is 0 Å². The summed E-state index contributed by atoms with van der Waals surface area (Å²) in [5.41, 5.74) is 5.93. The normalized spacial score (nSPS) is 16.1. The number of nitrogens with zero attached hydrogens (tertiary/aromatic N) is 3. The maximum absolute atomic E-state index is 15.1. The van der Waals surface area contributed by atoms with Crippen molar-refractivity contribution >= 4 is 133 Å². The van der Waals surface area contributed by atoms with Crippen molar-refractivity contribution in [3.05, 3.63) is 52.1 Å². The number of aromatic nitrogens is 4. The third-order valence-electron chi connectivity index (χ3n) is 20.0. The molecule has 54 nitrogen and oxygen atoms in total. The second-order valence-electron chi connectivity index (χ2n) is 30.9. The van der Waals surface area contributed by atoms with Gasteiger partial charge in [0.15, 0.2) is 11.2 Å². The first-order valence-electron chi connectivity index (χ1n) is 42.3. The summed E-state index contributed by atoms with van der Waals surface area (Å²) in [6.45, 7) is -3.19. The number of nitrogens with two attached hydrogens (primary N) is 1. The summed E-state index contributed by atoms with van der Waals surface area (Å²) in [4.78, 5) is 234. The Morgan fingerprint density at radius 3 is 1.22 bits per heavy atom. The number of carboxylic acid groups (broad SMARTS) is 3. The highest BCUT2D eigenvalue weighted by Crippen LogP contribution is 2.22. The Morgan fingerprint density at radius 2 is 0.806 bits per heavy atom. The monoisotopic (exact) mass is 1950 g/mol. The lowest BCUT2D eigenvalue weighted by Crippen LogP contribution is -2.60. The van der Waals surface area contributed by atoms with Gasteiger partial charge in [-0.25, -0.2) is 14.8 Å². The van der Waals surface area contributed by atoms with Gasteiger partial charge in [0, 0.05) is 106 Å². The maximum atomic E-state index is 15.1. The molecule has 2 aromatic heterocycles. The van der Waals surface area contributed by atoms with Crippen molar-refractivity contribution in [1.82, 2.24) is 83.7 Å². The number of rotatable bonds is 68. The average Bonchev–Trinajstić information content (AvgIpc) is 0.808. The molecule has 134 heavy (non-hydrogen) atoms. The number of carbonyl (C=O) groups excluding carboxylic acids is 12. The number of nitrogens with one attached hydrogen (secondary N) is 14. The summed E-state index contributed by atoms with van der Waals surface area (Å²) in [7, 11) is 2.16. The van der Waals surface area contributed by atoms with Crippen LogP contribution >= 0.6 is 21.6 Å². The van der Waals surface area contributed by atoms with E-state index in [1.807, 2.05) is 0 Å². The number of aromatic amines is 1. The van der Waals surface area contributed by atoms with Crippen molar-refractivity contribution in [2.24, 2.45) is 0 Å². The molecule has 0 saturated heterocycles. The molecule has 0 spiro atoms. The van der Waals surface area contributed by atoms with Gasteiger partial charge in [-0.2, -0.15) is 4.98 Å². The van der Waals surface area contributed by atoms with Crippen molar-refractivity contribution < 1.29 is 174 Å². The Balaban J connectivity index is 2.17. The van der Waals surface area contributed by atoms with E-state index >= 15 is 4.79 Å². The van der Waals surface area contributed by atoms with E-state index in [0.29, 0.717) is 17.1 Å². The fourth-order valence-electron chi connectivity index (χ4n) is 12.2. The Morgan fingerprint density at radius 1 is 0.418 bits per heavy atom. The number of aliphatic hydroxyl groups excluding tert-OH is 17. The molecular formula is C78H124N18O36S2. The predicted octanol–water partition coefficient (Wildman–Crippen LogP) is -13.2. The van der Waals surface area contributed by atoms with E-state index in [1.165, 1.54) is 36.0 Å². The number of benzene rings is 1. The lowest BCUT2D eigenvalue weighted by Gasteiger charge is -2.28. The first-order chi connectivity index (χ1) is 63.3. The number of amides is 12. The number of fused-ring (bicyclic) bond motifs is 1. The van der Waals surface area contributed by atoms with Crippen LogP contribution in [0.5, 0.6) is 0 Å². The topological polar surface area (TPSA) is 915 Å². The minimum absolute atomic E-state index is 0.0185. The molecule has 0 radical (unpaired) electrons. The molecular weight excluding hydrogens is 1830 g/mol. The first kappa shape index (κ1) is 117. The van der Waals surface area contributed by atoms with E-state index in [2.05, 4.69) is 89.1 Å². The maximum Gasteiger partial charge on any atom is 0.327 e. The van der Waals surface area contributed by atoms with Crippen LogP contribution in [-0.2, 0) is 73.7 Å². The van der Waals surface area contributed by atoms with E-state index in [4.69, 9.17) is 5.73 Å². The number of H-pyrrole nitrogens is 1. The van der Waals surface area contributed by atoms with Gasteiger partial charge >= 0.3 is 17.9 Å². The van der Waals surface area contributed by atoms with Crippen LogP contribution in [0.15, 0.2) is 35.3 Å². The van der Waals surface area contributed by atoms with Gasteiger partial charge in [-0.15, -0.1) is 0 Å². The third kappa shape index (κ3) is 44.1. The second-order valence-corrected chi connectivity index (χ2v) is 33.7. The molecule has 3 aromatic rings. The van der Waals surface area contributed by atoms with E-state index in [-0.39, 0.29) is 60.8 Å². The molecule has 12 amide bonds. The molecule has 0 saturated carbocycles. The van der Waals surface area contributed by atoms with Crippen LogP contribution in [0.25, 0.3) is 11.2 Å². The minimum Gasteiger partial charge on any atom is -0.481 e. The Labute approximate surface area is 772 Å². The number of aliphatic hydroxyl groups is 17. The van der Waals surface area contributed by atoms with Crippen molar-refractivity contribution in [3.63, 3.8) is 0 Å². The number of carbonyl (C=O) groups is 15. The molecule has 36 N–H and O–H groups in total. The fraction of sp³-hybridized carbons (Fsp3) is 0.654. The van der Waals surface area contributed by atoms with Gasteiger partial charge in [-0.1, -0.05) is 28.5 Å². The molecule has 21 atom stereocenters. The van der Waals surface area contributed by atoms with E-state index in [9.17, 15) is 174 Å². The summed E-state index contributed by atoms with van der Waals surface area (Å²) in [6, 6.07) is -9.22. The summed E-state index contributed by atoms with van der Waals surface area (Å²) in [6.07, 6.45) is -35.9. The van der Waals surface area contributed by atoms with Crippen LogP contribution in [0, 0.1) is 0 Å². The number of hydrogen-bond donors (Lipinski definition) is 35. The lowest BCUT2D eigenvalue weighted by molar-refractivity contribution is -0.142.